The summed E-state index contributed by atoms with van der Waals surface area (Å²) in [6, 6.07) is -0.975. The molecule has 234 valence electrons. The van der Waals surface area contributed by atoms with Gasteiger partial charge in [-0.05, 0) is 12.8 Å². The van der Waals surface area contributed by atoms with Crippen LogP contribution in [0.2, 0.25) is 0 Å². The molecule has 0 aliphatic heterocycles. The van der Waals surface area contributed by atoms with Gasteiger partial charge in [0.05, 0.1) is 18.8 Å². The second-order valence-electron chi connectivity index (χ2n) is 11.9. The number of nitrogens with one attached hydrogen (secondary N) is 1. The molecule has 1 amide bonds. The van der Waals surface area contributed by atoms with Crippen LogP contribution in [0.25, 0.3) is 0 Å². The summed E-state index contributed by atoms with van der Waals surface area (Å²) >= 11 is 0. The first-order valence-electron chi connectivity index (χ1n) is 16.9. The lowest BCUT2D eigenvalue weighted by atomic mass is 9.99. The maximum Gasteiger partial charge on any atom is 0.249 e. The molecule has 0 aliphatic carbocycles. The molecular formula is C33H67NO5. The molecule has 0 spiro atoms. The van der Waals surface area contributed by atoms with Crippen molar-refractivity contribution in [2.45, 2.75) is 199 Å². The summed E-state index contributed by atoms with van der Waals surface area (Å²) in [4.78, 5) is 12.4. The maximum absolute atomic E-state index is 12.4. The van der Waals surface area contributed by atoms with Crippen molar-refractivity contribution in [1.82, 2.24) is 5.32 Å². The fraction of sp³-hybridized carbons (Fsp3) is 0.970. The number of rotatable bonds is 30. The third-order valence-electron chi connectivity index (χ3n) is 8.07. The second-order valence-corrected chi connectivity index (χ2v) is 11.9. The average Bonchev–Trinajstić information content (AvgIpc) is 2.94. The minimum atomic E-state index is -1.25. The summed E-state index contributed by atoms with van der Waals surface area (Å²) in [7, 11) is 0. The van der Waals surface area contributed by atoms with Gasteiger partial charge in [-0.1, -0.05) is 162 Å². The molecule has 0 aliphatic rings. The molecule has 39 heavy (non-hydrogen) atoms. The Morgan fingerprint density at radius 3 is 1.23 bits per heavy atom. The average molecular weight is 558 g/mol. The Bertz CT molecular complexity index is 518. The molecule has 0 heterocycles. The van der Waals surface area contributed by atoms with E-state index in [9.17, 15) is 25.2 Å². The van der Waals surface area contributed by atoms with E-state index in [1.54, 1.807) is 0 Å². The van der Waals surface area contributed by atoms with Crippen molar-refractivity contribution in [2.24, 2.45) is 0 Å². The van der Waals surface area contributed by atoms with Crippen LogP contribution in [0.15, 0.2) is 0 Å². The Kier molecular flexibility index (Phi) is 28.3. The number of hydrogen-bond donors (Lipinski definition) is 5. The zero-order valence-corrected chi connectivity index (χ0v) is 25.9. The molecule has 0 aromatic carbocycles. The number of hydrogen-bond acceptors (Lipinski definition) is 5. The number of amides is 1. The van der Waals surface area contributed by atoms with Gasteiger partial charge < -0.3 is 25.7 Å². The van der Waals surface area contributed by atoms with Crippen LogP contribution in [-0.4, -0.2) is 57.3 Å². The van der Waals surface area contributed by atoms with E-state index < -0.39 is 36.9 Å². The summed E-state index contributed by atoms with van der Waals surface area (Å²) < 4.78 is 0. The number of carbonyl (C=O) groups excluding carboxylic acids is 1. The molecule has 5 N–H and O–H groups in total. The van der Waals surface area contributed by atoms with Crippen LogP contribution >= 0.6 is 0 Å². The Morgan fingerprint density at radius 1 is 0.538 bits per heavy atom. The first kappa shape index (κ1) is 38.3. The molecule has 6 nitrogen and oxygen atoms in total. The number of aliphatic hydroxyl groups is 4. The third kappa shape index (κ3) is 23.7. The minimum absolute atomic E-state index is 0.374. The summed E-state index contributed by atoms with van der Waals surface area (Å²) in [5.74, 6) is -0.585. The van der Waals surface area contributed by atoms with Gasteiger partial charge in [0.2, 0.25) is 5.91 Å². The van der Waals surface area contributed by atoms with Crippen LogP contribution in [0.3, 0.4) is 0 Å². The molecule has 0 saturated heterocycles. The SMILES string of the molecule is CCCCCCCCCCCCCC[C@@H](O)[C@@H](O)[C@H](CO)NC(=O)[C@H](O)CCCCCCCCCCCCC. The topological polar surface area (TPSA) is 110 Å². The molecule has 0 radical (unpaired) electrons. The highest BCUT2D eigenvalue weighted by Crippen LogP contribution is 2.16. The largest absolute Gasteiger partial charge is 0.394 e. The lowest BCUT2D eigenvalue weighted by molar-refractivity contribution is -0.132. The summed E-state index contributed by atoms with van der Waals surface area (Å²) in [6.45, 7) is 4.00. The van der Waals surface area contributed by atoms with Gasteiger partial charge in [0.25, 0.3) is 0 Å². The summed E-state index contributed by atoms with van der Waals surface area (Å²) in [5.41, 5.74) is 0. The zero-order valence-electron chi connectivity index (χ0n) is 25.9. The van der Waals surface area contributed by atoms with E-state index in [1.165, 1.54) is 109 Å². The van der Waals surface area contributed by atoms with Crippen LogP contribution < -0.4 is 5.32 Å². The maximum atomic E-state index is 12.4. The van der Waals surface area contributed by atoms with Crippen molar-refractivity contribution in [3.8, 4) is 0 Å². The highest BCUT2D eigenvalue weighted by atomic mass is 16.3. The van der Waals surface area contributed by atoms with E-state index in [2.05, 4.69) is 19.2 Å². The first-order valence-corrected chi connectivity index (χ1v) is 16.9. The fourth-order valence-corrected chi connectivity index (χ4v) is 5.28. The summed E-state index contributed by atoms with van der Waals surface area (Å²) in [6.07, 6.45) is 25.5. The van der Waals surface area contributed by atoms with Crippen molar-refractivity contribution in [3.05, 3.63) is 0 Å². The minimum Gasteiger partial charge on any atom is -0.394 e. The van der Waals surface area contributed by atoms with Crippen LogP contribution in [0.4, 0.5) is 0 Å². The number of aliphatic hydroxyl groups excluding tert-OH is 4. The van der Waals surface area contributed by atoms with Gasteiger partial charge in [0.15, 0.2) is 0 Å². The number of unbranched alkanes of at least 4 members (excludes halogenated alkanes) is 21. The van der Waals surface area contributed by atoms with E-state index in [0.717, 1.165) is 38.5 Å². The van der Waals surface area contributed by atoms with Gasteiger partial charge in [-0.15, -0.1) is 0 Å². The molecule has 4 atom stereocenters. The monoisotopic (exact) mass is 558 g/mol. The molecule has 0 fully saturated rings. The van der Waals surface area contributed by atoms with E-state index in [1.807, 2.05) is 0 Å². The molecule has 0 aromatic heterocycles. The highest BCUT2D eigenvalue weighted by molar-refractivity contribution is 5.80. The molecule has 0 unspecified atom stereocenters. The molecule has 0 aromatic rings. The summed E-state index contributed by atoms with van der Waals surface area (Å²) in [5, 5.41) is 43.2. The van der Waals surface area contributed by atoms with Gasteiger partial charge in [-0.2, -0.15) is 0 Å². The number of carbonyl (C=O) groups is 1. The standard InChI is InChI=1S/C33H67NO5/c1-3-5-7-9-11-13-15-17-18-20-22-24-26-30(36)32(38)29(28-35)34-33(39)31(37)27-25-23-21-19-16-14-12-10-8-6-4-2/h29-32,35-38H,3-28H2,1-2H3,(H,34,39)/t29-,30+,31+,32-/m0/s1. The Morgan fingerprint density at radius 2 is 0.872 bits per heavy atom. The van der Waals surface area contributed by atoms with Crippen molar-refractivity contribution < 1.29 is 25.2 Å². The van der Waals surface area contributed by atoms with Crippen LogP contribution in [0.5, 0.6) is 0 Å². The van der Waals surface area contributed by atoms with Gasteiger partial charge in [-0.3, -0.25) is 4.79 Å². The lowest BCUT2D eigenvalue weighted by Gasteiger charge is -2.27. The Labute approximate surface area is 241 Å². The van der Waals surface area contributed by atoms with E-state index >= 15 is 0 Å². The van der Waals surface area contributed by atoms with Gasteiger partial charge >= 0.3 is 0 Å². The van der Waals surface area contributed by atoms with Crippen LogP contribution in [0.1, 0.15) is 174 Å². The normalized spacial score (nSPS) is 14.7. The molecule has 6 heteroatoms. The second kappa shape index (κ2) is 28.8. The van der Waals surface area contributed by atoms with Crippen LogP contribution in [0, 0.1) is 0 Å². The Hall–Kier alpha value is -0.690. The van der Waals surface area contributed by atoms with Gasteiger partial charge in [-0.25, -0.2) is 0 Å². The smallest absolute Gasteiger partial charge is 0.249 e. The van der Waals surface area contributed by atoms with Crippen molar-refractivity contribution in [1.29, 1.82) is 0 Å². The van der Waals surface area contributed by atoms with Gasteiger partial charge in [0.1, 0.15) is 12.2 Å². The third-order valence-corrected chi connectivity index (χ3v) is 8.07. The quantitative estimate of drug-likeness (QED) is 0.0594. The van der Waals surface area contributed by atoms with Crippen molar-refractivity contribution in [3.63, 3.8) is 0 Å². The first-order chi connectivity index (χ1) is 19.0. The van der Waals surface area contributed by atoms with E-state index in [0.29, 0.717) is 12.8 Å². The Balaban J connectivity index is 3.85. The molecular weight excluding hydrogens is 490 g/mol. The van der Waals surface area contributed by atoms with E-state index in [-0.39, 0.29) is 0 Å². The van der Waals surface area contributed by atoms with Crippen molar-refractivity contribution in [2.75, 3.05) is 6.61 Å². The zero-order chi connectivity index (χ0) is 29.0. The van der Waals surface area contributed by atoms with Gasteiger partial charge in [0, 0.05) is 0 Å². The molecule has 0 bridgehead atoms. The fourth-order valence-electron chi connectivity index (χ4n) is 5.28. The molecule has 0 rings (SSSR count). The predicted molar refractivity (Wildman–Crippen MR) is 164 cm³/mol. The molecule has 0 saturated carbocycles. The predicted octanol–water partition coefficient (Wildman–Crippen LogP) is 7.34. The van der Waals surface area contributed by atoms with Crippen LogP contribution in [-0.2, 0) is 4.79 Å². The van der Waals surface area contributed by atoms with Crippen molar-refractivity contribution >= 4 is 5.91 Å². The van der Waals surface area contributed by atoms with E-state index in [4.69, 9.17) is 0 Å². The lowest BCUT2D eigenvalue weighted by Crippen LogP contribution is -2.53. The highest BCUT2D eigenvalue weighted by Gasteiger charge is 2.28.